The molecule has 0 bridgehead atoms. The molecule has 2 aliphatic heterocycles. The van der Waals surface area contributed by atoms with Crippen LogP contribution in [0.3, 0.4) is 0 Å². The highest BCUT2D eigenvalue weighted by atomic mass is 19.4. The van der Waals surface area contributed by atoms with E-state index in [0.29, 0.717) is 37.9 Å². The molecule has 0 aliphatic carbocycles. The monoisotopic (exact) mass is 413 g/mol. The maximum atomic E-state index is 12.9. The van der Waals surface area contributed by atoms with Crippen molar-refractivity contribution in [2.45, 2.75) is 45.2 Å². The van der Waals surface area contributed by atoms with E-state index < -0.39 is 22.4 Å². The van der Waals surface area contributed by atoms with E-state index in [1.165, 1.54) is 6.07 Å². The molecule has 9 heteroatoms. The van der Waals surface area contributed by atoms with Gasteiger partial charge in [-0.2, -0.15) is 13.2 Å². The summed E-state index contributed by atoms with van der Waals surface area (Å²) in [5.74, 6) is 0.558. The number of nitro groups is 1. The summed E-state index contributed by atoms with van der Waals surface area (Å²) in [5, 5.41) is 11.3. The van der Waals surface area contributed by atoms with Crippen molar-refractivity contribution in [2.75, 3.05) is 31.1 Å². The summed E-state index contributed by atoms with van der Waals surface area (Å²) in [6.45, 7) is 4.52. The van der Waals surface area contributed by atoms with Crippen LogP contribution in [0.1, 0.15) is 44.6 Å². The van der Waals surface area contributed by atoms with Crippen molar-refractivity contribution in [3.63, 3.8) is 0 Å². The molecule has 29 heavy (non-hydrogen) atoms. The second kappa shape index (κ2) is 8.59. The number of piperidine rings is 2. The van der Waals surface area contributed by atoms with Crippen LogP contribution in [0.5, 0.6) is 0 Å². The number of nitrogens with zero attached hydrogens (tertiary/aromatic N) is 3. The number of amides is 1. The number of rotatable bonds is 4. The van der Waals surface area contributed by atoms with Crippen molar-refractivity contribution in [1.29, 1.82) is 0 Å². The minimum atomic E-state index is -4.63. The number of anilines is 1. The fourth-order valence-electron chi connectivity index (χ4n) is 4.34. The quantitative estimate of drug-likeness (QED) is 0.539. The first-order valence-corrected chi connectivity index (χ1v) is 10.1. The van der Waals surface area contributed by atoms with Gasteiger partial charge >= 0.3 is 6.18 Å². The van der Waals surface area contributed by atoms with Crippen molar-refractivity contribution in [3.8, 4) is 0 Å². The average molecular weight is 413 g/mol. The average Bonchev–Trinajstić information content (AvgIpc) is 2.72. The lowest BCUT2D eigenvalue weighted by Crippen LogP contribution is -2.46. The van der Waals surface area contributed by atoms with E-state index in [0.717, 1.165) is 38.4 Å². The smallest absolute Gasteiger partial charge is 0.366 e. The Balaban J connectivity index is 1.67. The summed E-state index contributed by atoms with van der Waals surface area (Å²) in [6, 6.07) is 2.63. The Morgan fingerprint density at radius 3 is 2.48 bits per heavy atom. The SMILES string of the molecule is CCC1CCCN(C(=O)C2CCN(c3ccc(C(F)(F)F)cc3[N+](=O)[O-])CC2)C1. The van der Waals surface area contributed by atoms with Gasteiger partial charge in [-0.3, -0.25) is 14.9 Å². The van der Waals surface area contributed by atoms with Gasteiger partial charge in [0.2, 0.25) is 5.91 Å². The van der Waals surface area contributed by atoms with E-state index in [1.54, 1.807) is 4.90 Å². The van der Waals surface area contributed by atoms with Crippen LogP contribution in [0.2, 0.25) is 0 Å². The normalized spacial score (nSPS) is 21.3. The number of likely N-dealkylation sites (tertiary alicyclic amines) is 1. The van der Waals surface area contributed by atoms with Gasteiger partial charge in [-0.1, -0.05) is 13.3 Å². The number of nitro benzene ring substituents is 1. The Labute approximate surface area is 167 Å². The van der Waals surface area contributed by atoms with Gasteiger partial charge in [-0.05, 0) is 43.7 Å². The number of alkyl halides is 3. The van der Waals surface area contributed by atoms with E-state index in [2.05, 4.69) is 6.92 Å². The van der Waals surface area contributed by atoms with E-state index in [1.807, 2.05) is 4.90 Å². The second-order valence-corrected chi connectivity index (χ2v) is 7.92. The maximum absolute atomic E-state index is 12.9. The van der Waals surface area contributed by atoms with Crippen LogP contribution >= 0.6 is 0 Å². The summed E-state index contributed by atoms with van der Waals surface area (Å²) in [5.41, 5.74) is -1.40. The van der Waals surface area contributed by atoms with Gasteiger partial charge in [0.1, 0.15) is 5.69 Å². The summed E-state index contributed by atoms with van der Waals surface area (Å²) >= 11 is 0. The molecule has 1 amide bonds. The molecule has 0 spiro atoms. The highest BCUT2D eigenvalue weighted by molar-refractivity contribution is 5.79. The zero-order valence-corrected chi connectivity index (χ0v) is 16.5. The second-order valence-electron chi connectivity index (χ2n) is 7.92. The van der Waals surface area contributed by atoms with Gasteiger partial charge in [0.15, 0.2) is 0 Å². The molecule has 2 fully saturated rings. The Morgan fingerprint density at radius 2 is 1.90 bits per heavy atom. The first kappa shape index (κ1) is 21.4. The van der Waals surface area contributed by atoms with Gasteiger partial charge in [-0.25, -0.2) is 0 Å². The van der Waals surface area contributed by atoms with Crippen molar-refractivity contribution in [2.24, 2.45) is 11.8 Å². The largest absolute Gasteiger partial charge is 0.416 e. The third-order valence-corrected chi connectivity index (χ3v) is 6.09. The Bertz CT molecular complexity index is 761. The minimum absolute atomic E-state index is 0.129. The van der Waals surface area contributed by atoms with Crippen LogP contribution < -0.4 is 4.90 Å². The van der Waals surface area contributed by atoms with Crippen LogP contribution in [0.15, 0.2) is 18.2 Å². The zero-order valence-electron chi connectivity index (χ0n) is 16.5. The number of carbonyl (C=O) groups is 1. The van der Waals surface area contributed by atoms with Crippen LogP contribution in [-0.4, -0.2) is 41.9 Å². The molecule has 0 radical (unpaired) electrons. The molecule has 1 atom stereocenters. The van der Waals surface area contributed by atoms with Crippen molar-refractivity contribution in [1.82, 2.24) is 4.90 Å². The van der Waals surface area contributed by atoms with E-state index >= 15 is 0 Å². The van der Waals surface area contributed by atoms with Gasteiger partial charge in [0.05, 0.1) is 10.5 Å². The van der Waals surface area contributed by atoms with Crippen LogP contribution in [0, 0.1) is 22.0 Å². The topological polar surface area (TPSA) is 66.7 Å². The van der Waals surface area contributed by atoms with Gasteiger partial charge in [0, 0.05) is 38.2 Å². The van der Waals surface area contributed by atoms with Crippen molar-refractivity contribution in [3.05, 3.63) is 33.9 Å². The van der Waals surface area contributed by atoms with E-state index in [4.69, 9.17) is 0 Å². The number of hydrogen-bond acceptors (Lipinski definition) is 4. The number of hydrogen-bond donors (Lipinski definition) is 0. The Morgan fingerprint density at radius 1 is 1.21 bits per heavy atom. The molecule has 0 N–H and O–H groups in total. The van der Waals surface area contributed by atoms with E-state index in [-0.39, 0.29) is 17.5 Å². The molecule has 1 aromatic carbocycles. The molecule has 6 nitrogen and oxygen atoms in total. The zero-order chi connectivity index (χ0) is 21.2. The van der Waals surface area contributed by atoms with Crippen LogP contribution in [-0.2, 0) is 11.0 Å². The fourth-order valence-corrected chi connectivity index (χ4v) is 4.34. The lowest BCUT2D eigenvalue weighted by Gasteiger charge is -2.38. The standard InChI is InChI=1S/C20H26F3N3O3/c1-2-14-4-3-9-25(13-14)19(27)15-7-10-24(11-8-15)17-6-5-16(20(21,22)23)12-18(17)26(28)29/h5-6,12,14-15H,2-4,7-11,13H2,1H3. The van der Waals surface area contributed by atoms with Gasteiger partial charge in [-0.15, -0.1) is 0 Å². The molecular weight excluding hydrogens is 387 g/mol. The molecule has 0 aromatic heterocycles. The lowest BCUT2D eigenvalue weighted by atomic mass is 9.91. The van der Waals surface area contributed by atoms with Crippen LogP contribution in [0.25, 0.3) is 0 Å². The van der Waals surface area contributed by atoms with Crippen molar-refractivity contribution >= 4 is 17.3 Å². The lowest BCUT2D eigenvalue weighted by molar-refractivity contribution is -0.384. The molecule has 1 aromatic rings. The number of halogens is 3. The first-order chi connectivity index (χ1) is 13.7. The Hall–Kier alpha value is -2.32. The van der Waals surface area contributed by atoms with Crippen LogP contribution in [0.4, 0.5) is 24.5 Å². The first-order valence-electron chi connectivity index (χ1n) is 10.1. The summed E-state index contributed by atoms with van der Waals surface area (Å²) in [6.07, 6.45) is -0.320. The van der Waals surface area contributed by atoms with Crippen molar-refractivity contribution < 1.29 is 22.9 Å². The van der Waals surface area contributed by atoms with Gasteiger partial charge < -0.3 is 9.80 Å². The summed E-state index contributed by atoms with van der Waals surface area (Å²) in [7, 11) is 0. The minimum Gasteiger partial charge on any atom is -0.366 e. The summed E-state index contributed by atoms with van der Waals surface area (Å²) < 4.78 is 38.7. The molecule has 1 unspecified atom stereocenters. The highest BCUT2D eigenvalue weighted by Crippen LogP contribution is 2.38. The third-order valence-electron chi connectivity index (χ3n) is 6.09. The fraction of sp³-hybridized carbons (Fsp3) is 0.650. The predicted molar refractivity (Wildman–Crippen MR) is 103 cm³/mol. The summed E-state index contributed by atoms with van der Waals surface area (Å²) in [4.78, 5) is 27.1. The molecule has 2 heterocycles. The number of carbonyl (C=O) groups excluding carboxylic acids is 1. The maximum Gasteiger partial charge on any atom is 0.416 e. The molecule has 0 saturated carbocycles. The molecule has 2 aliphatic rings. The molecule has 160 valence electrons. The third kappa shape index (κ3) is 4.82. The van der Waals surface area contributed by atoms with Gasteiger partial charge in [0.25, 0.3) is 5.69 Å². The Kier molecular flexibility index (Phi) is 6.33. The highest BCUT2D eigenvalue weighted by Gasteiger charge is 2.35. The van der Waals surface area contributed by atoms with E-state index in [9.17, 15) is 28.1 Å². The molecular formula is C20H26F3N3O3. The molecule has 3 rings (SSSR count). The predicted octanol–water partition coefficient (Wildman–Crippen LogP) is 4.48. The number of benzene rings is 1. The molecule has 2 saturated heterocycles.